The van der Waals surface area contributed by atoms with Gasteiger partial charge in [-0.25, -0.2) is 9.69 Å². The lowest BCUT2D eigenvalue weighted by atomic mass is 10.1. The standard InChI is InChI=1S/C26H19Cl3N2O5/c1-14-3-7-18(11-21(14)28)31-25(33)20(24(32)30-26(31)34)9-15-5-8-19(35-2)12-23(15)36-13-16-4-6-17(27)10-22(16)29/h3-12H,13H2,1-2H3,(H,30,32,34)/b20-9+. The number of imide groups is 2. The van der Waals surface area contributed by atoms with Gasteiger partial charge in [0.1, 0.15) is 23.7 Å². The molecular formula is C26H19Cl3N2O5. The highest BCUT2D eigenvalue weighted by Gasteiger charge is 2.37. The third-order valence-corrected chi connectivity index (χ3v) is 6.43. The van der Waals surface area contributed by atoms with Crippen LogP contribution in [0.1, 0.15) is 16.7 Å². The number of ether oxygens (including phenoxy) is 2. The van der Waals surface area contributed by atoms with E-state index in [1.807, 2.05) is 0 Å². The number of anilines is 1. The second-order valence-electron chi connectivity index (χ2n) is 7.82. The molecule has 1 heterocycles. The van der Waals surface area contributed by atoms with E-state index in [1.54, 1.807) is 55.5 Å². The van der Waals surface area contributed by atoms with Gasteiger partial charge in [0.15, 0.2) is 0 Å². The molecule has 0 atom stereocenters. The Morgan fingerprint density at radius 2 is 1.72 bits per heavy atom. The quantitative estimate of drug-likeness (QED) is 0.294. The number of rotatable bonds is 6. The molecule has 0 bridgehead atoms. The Bertz CT molecular complexity index is 1420. The third-order valence-electron chi connectivity index (χ3n) is 5.43. The van der Waals surface area contributed by atoms with Crippen LogP contribution in [-0.4, -0.2) is 25.0 Å². The Morgan fingerprint density at radius 3 is 2.42 bits per heavy atom. The zero-order valence-electron chi connectivity index (χ0n) is 19.1. The van der Waals surface area contributed by atoms with Gasteiger partial charge < -0.3 is 9.47 Å². The Balaban J connectivity index is 1.70. The lowest BCUT2D eigenvalue weighted by molar-refractivity contribution is -0.122. The molecule has 1 fully saturated rings. The molecule has 7 nitrogen and oxygen atoms in total. The minimum atomic E-state index is -0.870. The van der Waals surface area contributed by atoms with Gasteiger partial charge in [-0.2, -0.15) is 0 Å². The van der Waals surface area contributed by atoms with Crippen LogP contribution in [0.4, 0.5) is 10.5 Å². The average Bonchev–Trinajstić information content (AvgIpc) is 2.83. The minimum Gasteiger partial charge on any atom is -0.497 e. The predicted molar refractivity (Wildman–Crippen MR) is 139 cm³/mol. The maximum Gasteiger partial charge on any atom is 0.335 e. The maximum absolute atomic E-state index is 13.3. The summed E-state index contributed by atoms with van der Waals surface area (Å²) in [4.78, 5) is 39.3. The van der Waals surface area contributed by atoms with E-state index in [0.29, 0.717) is 37.7 Å². The van der Waals surface area contributed by atoms with E-state index in [0.717, 1.165) is 10.5 Å². The molecule has 4 rings (SSSR count). The van der Waals surface area contributed by atoms with Gasteiger partial charge in [0.25, 0.3) is 11.8 Å². The fraction of sp³-hybridized carbons (Fsp3) is 0.115. The number of hydrogen-bond acceptors (Lipinski definition) is 5. The van der Waals surface area contributed by atoms with Crippen LogP contribution in [0.15, 0.2) is 60.2 Å². The molecule has 0 radical (unpaired) electrons. The number of aryl methyl sites for hydroxylation is 1. The van der Waals surface area contributed by atoms with E-state index < -0.39 is 17.8 Å². The predicted octanol–water partition coefficient (Wildman–Crippen LogP) is 6.21. The molecule has 1 aliphatic heterocycles. The number of urea groups is 1. The summed E-state index contributed by atoms with van der Waals surface area (Å²) in [6, 6.07) is 13.8. The lowest BCUT2D eigenvalue weighted by Gasteiger charge is -2.26. The van der Waals surface area contributed by atoms with Gasteiger partial charge in [-0.3, -0.25) is 14.9 Å². The maximum atomic E-state index is 13.3. The number of halogens is 3. The van der Waals surface area contributed by atoms with Gasteiger partial charge in [0.05, 0.1) is 12.8 Å². The zero-order chi connectivity index (χ0) is 26.0. The van der Waals surface area contributed by atoms with Crippen molar-refractivity contribution in [1.82, 2.24) is 5.32 Å². The Hall–Kier alpha value is -3.52. The minimum absolute atomic E-state index is 0.0892. The van der Waals surface area contributed by atoms with Gasteiger partial charge >= 0.3 is 6.03 Å². The van der Waals surface area contributed by atoms with Gasteiger partial charge in [-0.1, -0.05) is 46.9 Å². The number of nitrogens with zero attached hydrogens (tertiary/aromatic N) is 1. The van der Waals surface area contributed by atoms with E-state index in [9.17, 15) is 14.4 Å². The van der Waals surface area contributed by atoms with E-state index in [1.165, 1.54) is 19.3 Å². The number of carbonyl (C=O) groups excluding carboxylic acids is 3. The van der Waals surface area contributed by atoms with Crippen LogP contribution in [-0.2, 0) is 16.2 Å². The Morgan fingerprint density at radius 1 is 0.944 bits per heavy atom. The molecule has 3 aromatic rings. The highest BCUT2D eigenvalue weighted by atomic mass is 35.5. The van der Waals surface area contributed by atoms with Crippen LogP contribution in [0.5, 0.6) is 11.5 Å². The first-order valence-corrected chi connectivity index (χ1v) is 11.7. The molecule has 4 amide bonds. The van der Waals surface area contributed by atoms with Gasteiger partial charge in [0.2, 0.25) is 0 Å². The summed E-state index contributed by atoms with van der Waals surface area (Å²) in [6.07, 6.45) is 1.35. The first kappa shape index (κ1) is 25.6. The van der Waals surface area contributed by atoms with E-state index in [-0.39, 0.29) is 17.9 Å². The summed E-state index contributed by atoms with van der Waals surface area (Å²) in [5, 5.41) is 3.49. The van der Waals surface area contributed by atoms with Crippen LogP contribution in [0, 0.1) is 6.92 Å². The SMILES string of the molecule is COc1ccc(/C=C2\C(=O)NC(=O)N(c3ccc(C)c(Cl)c3)C2=O)c(OCc2ccc(Cl)cc2Cl)c1. The second kappa shape index (κ2) is 10.6. The highest BCUT2D eigenvalue weighted by Crippen LogP contribution is 2.31. The Labute approximate surface area is 222 Å². The van der Waals surface area contributed by atoms with Gasteiger partial charge in [0, 0.05) is 32.3 Å². The molecule has 36 heavy (non-hydrogen) atoms. The third kappa shape index (κ3) is 5.33. The number of nitrogens with one attached hydrogen (secondary N) is 1. The molecule has 1 aliphatic rings. The monoisotopic (exact) mass is 544 g/mol. The summed E-state index contributed by atoms with van der Waals surface area (Å²) in [7, 11) is 1.50. The fourth-order valence-electron chi connectivity index (χ4n) is 3.45. The van der Waals surface area contributed by atoms with E-state index in [2.05, 4.69) is 5.32 Å². The van der Waals surface area contributed by atoms with Crippen molar-refractivity contribution in [1.29, 1.82) is 0 Å². The molecule has 10 heteroatoms. The van der Waals surface area contributed by atoms with Crippen molar-refractivity contribution in [3.05, 3.63) is 91.9 Å². The van der Waals surface area contributed by atoms with E-state index in [4.69, 9.17) is 44.3 Å². The van der Waals surface area contributed by atoms with Crippen molar-refractivity contribution in [2.45, 2.75) is 13.5 Å². The van der Waals surface area contributed by atoms with Crippen LogP contribution in [0.25, 0.3) is 6.08 Å². The first-order chi connectivity index (χ1) is 17.2. The summed E-state index contributed by atoms with van der Waals surface area (Å²) < 4.78 is 11.3. The summed E-state index contributed by atoms with van der Waals surface area (Å²) in [6.45, 7) is 1.88. The van der Waals surface area contributed by atoms with Crippen LogP contribution < -0.4 is 19.7 Å². The number of barbiturate groups is 1. The van der Waals surface area contributed by atoms with Crippen molar-refractivity contribution in [3.63, 3.8) is 0 Å². The zero-order valence-corrected chi connectivity index (χ0v) is 21.4. The van der Waals surface area contributed by atoms with Crippen molar-refractivity contribution < 1.29 is 23.9 Å². The molecule has 184 valence electrons. The molecule has 1 N–H and O–H groups in total. The molecule has 0 saturated carbocycles. The van der Waals surface area contributed by atoms with Gasteiger partial charge in [-0.15, -0.1) is 0 Å². The number of carbonyl (C=O) groups is 3. The van der Waals surface area contributed by atoms with E-state index >= 15 is 0 Å². The van der Waals surface area contributed by atoms with Crippen LogP contribution >= 0.6 is 34.8 Å². The number of benzene rings is 3. The number of amides is 4. The summed E-state index contributed by atoms with van der Waals surface area (Å²) in [5.74, 6) is -0.802. The second-order valence-corrected chi connectivity index (χ2v) is 9.07. The summed E-state index contributed by atoms with van der Waals surface area (Å²) in [5.41, 5.74) is 1.84. The molecule has 0 spiro atoms. The molecule has 3 aromatic carbocycles. The van der Waals surface area contributed by atoms with Crippen molar-refractivity contribution in [2.24, 2.45) is 0 Å². The van der Waals surface area contributed by atoms with Crippen molar-refractivity contribution >= 4 is 64.4 Å². The molecular weight excluding hydrogens is 527 g/mol. The van der Waals surface area contributed by atoms with Crippen LogP contribution in [0.2, 0.25) is 15.1 Å². The molecule has 0 aliphatic carbocycles. The number of hydrogen-bond donors (Lipinski definition) is 1. The Kier molecular flexibility index (Phi) is 7.54. The molecule has 0 aromatic heterocycles. The highest BCUT2D eigenvalue weighted by molar-refractivity contribution is 6.39. The molecule has 1 saturated heterocycles. The van der Waals surface area contributed by atoms with Crippen molar-refractivity contribution in [2.75, 3.05) is 12.0 Å². The first-order valence-electron chi connectivity index (χ1n) is 10.6. The molecule has 0 unspecified atom stereocenters. The number of methoxy groups -OCH3 is 1. The average molecular weight is 546 g/mol. The smallest absolute Gasteiger partial charge is 0.335 e. The normalized spacial score (nSPS) is 14.8. The van der Waals surface area contributed by atoms with Crippen molar-refractivity contribution in [3.8, 4) is 11.5 Å². The lowest BCUT2D eigenvalue weighted by Crippen LogP contribution is -2.54. The fourth-order valence-corrected chi connectivity index (χ4v) is 4.09. The van der Waals surface area contributed by atoms with Gasteiger partial charge in [-0.05, 0) is 55.0 Å². The van der Waals surface area contributed by atoms with Crippen LogP contribution in [0.3, 0.4) is 0 Å². The largest absolute Gasteiger partial charge is 0.497 e. The summed E-state index contributed by atoms with van der Waals surface area (Å²) >= 11 is 18.4. The topological polar surface area (TPSA) is 84.9 Å².